The molecule has 7 aromatic rings. The normalized spacial score (nSPS) is 17.2. The van der Waals surface area contributed by atoms with Gasteiger partial charge in [0.2, 0.25) is 0 Å². The van der Waals surface area contributed by atoms with E-state index < -0.39 is 24.4 Å². The number of benzene rings is 7. The van der Waals surface area contributed by atoms with Gasteiger partial charge in [0.1, 0.15) is 16.4 Å². The number of hydrogen-bond acceptors (Lipinski definition) is 5. The van der Waals surface area contributed by atoms with Crippen LogP contribution in [0.3, 0.4) is 0 Å². The molecule has 1 N–H and O–H groups in total. The van der Waals surface area contributed by atoms with Crippen molar-refractivity contribution in [2.45, 2.75) is 39.1 Å². The Labute approximate surface area is 340 Å². The predicted molar refractivity (Wildman–Crippen MR) is 225 cm³/mol. The monoisotopic (exact) mass is 814 g/mol. The number of sulfone groups is 2. The molecule has 0 aliphatic heterocycles. The van der Waals surface area contributed by atoms with Gasteiger partial charge in [0, 0.05) is 12.5 Å². The lowest BCUT2D eigenvalue weighted by Crippen LogP contribution is -2.25. The first-order chi connectivity index (χ1) is 28.1. The Balaban J connectivity index is 0.000000180. The van der Waals surface area contributed by atoms with Crippen molar-refractivity contribution in [1.82, 2.24) is 0 Å². The van der Waals surface area contributed by atoms with Gasteiger partial charge >= 0.3 is 0 Å². The van der Waals surface area contributed by atoms with Crippen LogP contribution in [0.2, 0.25) is 0 Å². The maximum absolute atomic E-state index is 14.3. The van der Waals surface area contributed by atoms with Crippen molar-refractivity contribution in [3.8, 4) is 0 Å². The summed E-state index contributed by atoms with van der Waals surface area (Å²) < 4.78 is 77.3. The molecule has 1 saturated carbocycles. The van der Waals surface area contributed by atoms with Crippen molar-refractivity contribution in [3.05, 3.63) is 240 Å². The third-order valence-corrected chi connectivity index (χ3v) is 14.5. The molecular weight excluding hydrogens is 771 g/mol. The van der Waals surface area contributed by atoms with Gasteiger partial charge in [-0.05, 0) is 95.1 Å². The van der Waals surface area contributed by atoms with Gasteiger partial charge in [-0.15, -0.1) is 0 Å². The molecule has 3 atom stereocenters. The first-order valence-corrected chi connectivity index (χ1v) is 22.0. The maximum atomic E-state index is 14.3. The summed E-state index contributed by atoms with van der Waals surface area (Å²) in [7, 11) is -6.94. The van der Waals surface area contributed by atoms with E-state index in [0.29, 0.717) is 22.6 Å². The van der Waals surface area contributed by atoms with E-state index in [1.807, 2.05) is 103 Å². The van der Waals surface area contributed by atoms with Gasteiger partial charge in [-0.2, -0.15) is 0 Å². The fourth-order valence-electron chi connectivity index (χ4n) is 7.41. The minimum absolute atomic E-state index is 0.0534. The van der Waals surface area contributed by atoms with E-state index in [2.05, 4.69) is 0 Å². The average Bonchev–Trinajstić information content (AvgIpc) is 3.94. The summed E-state index contributed by atoms with van der Waals surface area (Å²) in [5, 5.41) is 8.50. The number of rotatable bonds is 11. The molecule has 0 aromatic heterocycles. The molecule has 0 unspecified atom stereocenters. The lowest BCUT2D eigenvalue weighted by molar-refractivity contribution is 0.299. The van der Waals surface area contributed by atoms with Crippen LogP contribution in [0.1, 0.15) is 33.7 Å². The van der Waals surface area contributed by atoms with Gasteiger partial charge in [-0.25, -0.2) is 25.6 Å². The molecule has 8 rings (SSSR count). The van der Waals surface area contributed by atoms with Crippen molar-refractivity contribution < 1.29 is 30.7 Å². The average molecular weight is 815 g/mol. The first-order valence-electron chi connectivity index (χ1n) is 18.9. The van der Waals surface area contributed by atoms with E-state index in [-0.39, 0.29) is 35.8 Å². The molecule has 1 fully saturated rings. The van der Waals surface area contributed by atoms with E-state index >= 15 is 0 Å². The molecular formula is C49H44F2O5S2. The molecule has 0 bridgehead atoms. The van der Waals surface area contributed by atoms with Crippen molar-refractivity contribution in [2.75, 3.05) is 6.61 Å². The van der Waals surface area contributed by atoms with E-state index in [1.54, 1.807) is 72.8 Å². The first kappa shape index (κ1) is 41.9. The summed E-state index contributed by atoms with van der Waals surface area (Å²) in [5.74, 6) is -0.862. The summed E-state index contributed by atoms with van der Waals surface area (Å²) in [6.07, 6.45) is 1.14. The lowest BCUT2D eigenvalue weighted by Gasteiger charge is -2.21. The Morgan fingerprint density at radius 1 is 0.483 bits per heavy atom. The van der Waals surface area contributed by atoms with Crippen LogP contribution in [-0.2, 0) is 43.0 Å². The summed E-state index contributed by atoms with van der Waals surface area (Å²) in [5.41, 5.74) is 4.50. The molecule has 5 nitrogen and oxygen atoms in total. The summed E-state index contributed by atoms with van der Waals surface area (Å²) in [6, 6.07) is 58.3. The Morgan fingerprint density at radius 2 is 0.914 bits per heavy atom. The van der Waals surface area contributed by atoms with Crippen LogP contribution in [0.4, 0.5) is 8.78 Å². The summed E-state index contributed by atoms with van der Waals surface area (Å²) in [6.45, 7) is 0.117. The van der Waals surface area contributed by atoms with Crippen LogP contribution in [0, 0.1) is 17.6 Å². The standard InChI is InChI=1S/C28H23FO2S.C13H12O2S.C8H9FO/c29-24-18-16-21(17-19-24)20-26-27(22-10-4-1-5-11-22)28(26,23-12-6-2-7-13-23)32(30,31)25-14-8-3-9-15-25;14-16(15,13-9-5-2-6-10-13)11-12-7-3-1-4-8-12;9-8-3-1-7(2-4-8)5-6-10/h1-19,26-27H,20H2;1-10H,11H2;1-4,10H,5-6H2/t26-,27+,28+;;/m1../s1. The predicted octanol–water partition coefficient (Wildman–Crippen LogP) is 10.2. The minimum Gasteiger partial charge on any atom is -0.396 e. The van der Waals surface area contributed by atoms with Crippen LogP contribution < -0.4 is 0 Å². The second kappa shape index (κ2) is 19.1. The molecule has 58 heavy (non-hydrogen) atoms. The van der Waals surface area contributed by atoms with Gasteiger partial charge in [-0.3, -0.25) is 0 Å². The topological polar surface area (TPSA) is 88.5 Å². The Bertz CT molecular complexity index is 2540. The summed E-state index contributed by atoms with van der Waals surface area (Å²) in [4.78, 5) is 0.699. The van der Waals surface area contributed by atoms with Crippen molar-refractivity contribution in [2.24, 2.45) is 5.92 Å². The van der Waals surface area contributed by atoms with Crippen molar-refractivity contribution >= 4 is 19.7 Å². The van der Waals surface area contributed by atoms with E-state index in [9.17, 15) is 25.6 Å². The largest absolute Gasteiger partial charge is 0.396 e. The number of aliphatic hydroxyl groups excluding tert-OH is 1. The number of halogens is 2. The Hall–Kier alpha value is -5.74. The lowest BCUT2D eigenvalue weighted by atomic mass is 10.0. The molecule has 1 aliphatic carbocycles. The van der Waals surface area contributed by atoms with E-state index in [0.717, 1.165) is 27.8 Å². The Kier molecular flexibility index (Phi) is 13.8. The molecule has 0 amide bonds. The van der Waals surface area contributed by atoms with E-state index in [1.165, 1.54) is 24.3 Å². The Morgan fingerprint density at radius 3 is 1.41 bits per heavy atom. The van der Waals surface area contributed by atoms with Crippen molar-refractivity contribution in [3.63, 3.8) is 0 Å². The molecule has 296 valence electrons. The van der Waals surface area contributed by atoms with Gasteiger partial charge in [0.25, 0.3) is 0 Å². The zero-order chi connectivity index (χ0) is 41.0. The highest BCUT2D eigenvalue weighted by Gasteiger charge is 2.73. The van der Waals surface area contributed by atoms with Gasteiger partial charge in [-0.1, -0.05) is 152 Å². The van der Waals surface area contributed by atoms with E-state index in [4.69, 9.17) is 5.11 Å². The fraction of sp³-hybridized carbons (Fsp3) is 0.143. The molecule has 9 heteroatoms. The van der Waals surface area contributed by atoms with Gasteiger partial charge in [0.15, 0.2) is 19.7 Å². The zero-order valence-electron chi connectivity index (χ0n) is 31.7. The third-order valence-electron chi connectivity index (χ3n) is 10.2. The molecule has 1 aliphatic rings. The minimum atomic E-state index is -3.73. The second-order valence-corrected chi connectivity index (χ2v) is 18.1. The highest BCUT2D eigenvalue weighted by atomic mass is 32.2. The second-order valence-electron chi connectivity index (χ2n) is 14.0. The number of hydrogen-bond donors (Lipinski definition) is 1. The van der Waals surface area contributed by atoms with Crippen LogP contribution >= 0.6 is 0 Å². The smallest absolute Gasteiger partial charge is 0.189 e. The number of aliphatic hydroxyl groups is 1. The molecule has 0 saturated heterocycles. The maximum Gasteiger partial charge on any atom is 0.189 e. The third kappa shape index (κ3) is 9.85. The van der Waals surface area contributed by atoms with Crippen LogP contribution in [0.5, 0.6) is 0 Å². The van der Waals surface area contributed by atoms with Crippen LogP contribution in [0.25, 0.3) is 0 Å². The molecule has 0 radical (unpaired) electrons. The SMILES string of the molecule is O=S(=O)(Cc1ccccc1)c1ccccc1.O=S(=O)(c1ccccc1)[C@@]1(c2ccccc2)[C@H](Cc2ccc(F)cc2)[C@@H]1c1ccccc1.OCCc1ccc(F)cc1. The van der Waals surface area contributed by atoms with Crippen LogP contribution in [0.15, 0.2) is 210 Å². The zero-order valence-corrected chi connectivity index (χ0v) is 33.3. The molecule has 0 spiro atoms. The highest BCUT2D eigenvalue weighted by Crippen LogP contribution is 2.70. The quantitative estimate of drug-likeness (QED) is 0.141. The van der Waals surface area contributed by atoms with Gasteiger partial charge < -0.3 is 5.11 Å². The highest BCUT2D eigenvalue weighted by molar-refractivity contribution is 7.92. The van der Waals surface area contributed by atoms with Crippen LogP contribution in [-0.4, -0.2) is 28.5 Å². The summed E-state index contributed by atoms with van der Waals surface area (Å²) >= 11 is 0. The molecule has 0 heterocycles. The molecule has 7 aromatic carbocycles. The van der Waals surface area contributed by atoms with Crippen molar-refractivity contribution in [1.29, 1.82) is 0 Å². The van der Waals surface area contributed by atoms with Gasteiger partial charge in [0.05, 0.1) is 15.5 Å². The fourth-order valence-corrected chi connectivity index (χ4v) is 11.3.